The molecule has 29 heavy (non-hydrogen) atoms. The zero-order chi connectivity index (χ0) is 20.2. The number of carbonyl (C=O) groups excluding carboxylic acids is 2. The van der Waals surface area contributed by atoms with Gasteiger partial charge in [-0.1, -0.05) is 66.2 Å². The van der Waals surface area contributed by atoms with Crippen LogP contribution in [0.4, 0.5) is 5.69 Å². The Labute approximate surface area is 175 Å². The molecule has 4 nitrogen and oxygen atoms in total. The smallest absolute Gasteiger partial charge is 0.229 e. The van der Waals surface area contributed by atoms with Crippen molar-refractivity contribution in [2.75, 3.05) is 11.4 Å². The lowest BCUT2D eigenvalue weighted by Crippen LogP contribution is -2.38. The van der Waals surface area contributed by atoms with Gasteiger partial charge in [0.25, 0.3) is 0 Å². The zero-order valence-corrected chi connectivity index (χ0v) is 16.6. The summed E-state index contributed by atoms with van der Waals surface area (Å²) in [5, 5.41) is 3.62. The van der Waals surface area contributed by atoms with E-state index < -0.39 is 0 Å². The number of hydrogen-bond donors (Lipinski definition) is 1. The summed E-state index contributed by atoms with van der Waals surface area (Å²) in [5.74, 6) is -0.0712. The Morgan fingerprint density at radius 3 is 2.28 bits per heavy atom. The lowest BCUT2D eigenvalue weighted by molar-refractivity contribution is -0.121. The van der Waals surface area contributed by atoms with E-state index >= 15 is 0 Å². The molecule has 0 radical (unpaired) electrons. The minimum atomic E-state index is -0.186. The van der Waals surface area contributed by atoms with Crippen LogP contribution in [0.5, 0.6) is 0 Å². The minimum absolute atomic E-state index is 0.00448. The highest BCUT2D eigenvalue weighted by molar-refractivity contribution is 6.30. The van der Waals surface area contributed by atoms with Crippen molar-refractivity contribution < 1.29 is 9.59 Å². The van der Waals surface area contributed by atoms with Crippen molar-refractivity contribution in [1.29, 1.82) is 0 Å². The van der Waals surface area contributed by atoms with Crippen LogP contribution in [0, 0.1) is 0 Å². The molecule has 1 saturated heterocycles. The van der Waals surface area contributed by atoms with Gasteiger partial charge in [0.15, 0.2) is 0 Å². The summed E-state index contributed by atoms with van der Waals surface area (Å²) < 4.78 is 0. The molecule has 1 fully saturated rings. The predicted molar refractivity (Wildman–Crippen MR) is 116 cm³/mol. The molecule has 3 aromatic rings. The van der Waals surface area contributed by atoms with Crippen molar-refractivity contribution in [3.05, 3.63) is 89.4 Å². The standard InChI is InChI=1S/C24H21ClN2O2/c25-20-10-12-22(13-11-20)27-16-21(15-24(27)29)26-23(28)14-17-6-8-19(9-7-17)18-4-2-1-3-5-18/h1-13,21H,14-16H2,(H,26,28)/t21-/m0/s1. The first-order valence-corrected chi connectivity index (χ1v) is 9.96. The third-order valence-corrected chi connectivity index (χ3v) is 5.31. The summed E-state index contributed by atoms with van der Waals surface area (Å²) in [6, 6.07) is 25.1. The molecular weight excluding hydrogens is 384 g/mol. The molecular formula is C24H21ClN2O2. The predicted octanol–water partition coefficient (Wildman–Crippen LogP) is 4.47. The Bertz CT molecular complexity index is 1000. The number of amides is 2. The van der Waals surface area contributed by atoms with Gasteiger partial charge in [-0.05, 0) is 41.0 Å². The van der Waals surface area contributed by atoms with E-state index in [9.17, 15) is 9.59 Å². The Kier molecular flexibility index (Phi) is 5.63. The van der Waals surface area contributed by atoms with Gasteiger partial charge in [0.05, 0.1) is 12.5 Å². The first-order chi connectivity index (χ1) is 14.1. The molecule has 4 rings (SSSR count). The summed E-state index contributed by atoms with van der Waals surface area (Å²) >= 11 is 5.91. The summed E-state index contributed by atoms with van der Waals surface area (Å²) in [6.45, 7) is 0.471. The lowest BCUT2D eigenvalue weighted by Gasteiger charge is -2.17. The number of nitrogens with zero attached hydrogens (tertiary/aromatic N) is 1. The van der Waals surface area contributed by atoms with Crippen LogP contribution in [0.15, 0.2) is 78.9 Å². The average molecular weight is 405 g/mol. The molecule has 1 N–H and O–H groups in total. The van der Waals surface area contributed by atoms with E-state index in [1.807, 2.05) is 54.6 Å². The molecule has 0 bridgehead atoms. The maximum atomic E-state index is 12.5. The molecule has 0 saturated carbocycles. The Morgan fingerprint density at radius 1 is 0.931 bits per heavy atom. The minimum Gasteiger partial charge on any atom is -0.351 e. The highest BCUT2D eigenvalue weighted by Crippen LogP contribution is 2.24. The third kappa shape index (κ3) is 4.66. The molecule has 3 aromatic carbocycles. The molecule has 0 aromatic heterocycles. The first-order valence-electron chi connectivity index (χ1n) is 9.58. The summed E-state index contributed by atoms with van der Waals surface area (Å²) in [6.07, 6.45) is 0.599. The van der Waals surface area contributed by atoms with Crippen molar-refractivity contribution in [3.63, 3.8) is 0 Å². The van der Waals surface area contributed by atoms with E-state index in [4.69, 9.17) is 11.6 Å². The fourth-order valence-corrected chi connectivity index (χ4v) is 3.71. The second kappa shape index (κ2) is 8.50. The second-order valence-electron chi connectivity index (χ2n) is 7.19. The van der Waals surface area contributed by atoms with Crippen LogP contribution < -0.4 is 10.2 Å². The molecule has 0 spiro atoms. The Morgan fingerprint density at radius 2 is 1.59 bits per heavy atom. The molecule has 5 heteroatoms. The molecule has 1 heterocycles. The van der Waals surface area contributed by atoms with Gasteiger partial charge < -0.3 is 10.2 Å². The quantitative estimate of drug-likeness (QED) is 0.682. The van der Waals surface area contributed by atoms with Crippen LogP contribution >= 0.6 is 11.6 Å². The van der Waals surface area contributed by atoms with E-state index in [-0.39, 0.29) is 17.9 Å². The molecule has 2 amide bonds. The number of rotatable bonds is 5. The van der Waals surface area contributed by atoms with Gasteiger partial charge >= 0.3 is 0 Å². The number of carbonyl (C=O) groups is 2. The maximum absolute atomic E-state index is 12.5. The van der Waals surface area contributed by atoms with E-state index in [1.165, 1.54) is 0 Å². The number of halogens is 1. The Hall–Kier alpha value is -3.11. The van der Waals surface area contributed by atoms with Crippen molar-refractivity contribution in [2.45, 2.75) is 18.9 Å². The van der Waals surface area contributed by atoms with Crippen LogP contribution in [0.1, 0.15) is 12.0 Å². The normalized spacial score (nSPS) is 16.1. The fourth-order valence-electron chi connectivity index (χ4n) is 3.58. The topological polar surface area (TPSA) is 49.4 Å². The van der Waals surface area contributed by atoms with Gasteiger partial charge in [0.1, 0.15) is 0 Å². The molecule has 1 aliphatic heterocycles. The molecule has 1 atom stereocenters. The largest absolute Gasteiger partial charge is 0.351 e. The zero-order valence-electron chi connectivity index (χ0n) is 15.8. The number of benzene rings is 3. The van der Waals surface area contributed by atoms with E-state index in [0.29, 0.717) is 24.4 Å². The summed E-state index contributed by atoms with van der Waals surface area (Å²) in [7, 11) is 0. The van der Waals surface area contributed by atoms with Crippen LogP contribution in [0.3, 0.4) is 0 Å². The number of anilines is 1. The van der Waals surface area contributed by atoms with Crippen LogP contribution in [0.25, 0.3) is 11.1 Å². The van der Waals surface area contributed by atoms with Gasteiger partial charge in [0, 0.05) is 23.7 Å². The SMILES string of the molecule is O=C(Cc1ccc(-c2ccccc2)cc1)N[C@H]1CC(=O)N(c2ccc(Cl)cc2)C1. The fraction of sp³-hybridized carbons (Fsp3) is 0.167. The monoisotopic (exact) mass is 404 g/mol. The van der Waals surface area contributed by atoms with Gasteiger partial charge in [-0.25, -0.2) is 0 Å². The Balaban J connectivity index is 1.34. The van der Waals surface area contributed by atoms with Gasteiger partial charge in [-0.3, -0.25) is 9.59 Å². The van der Waals surface area contributed by atoms with E-state index in [0.717, 1.165) is 22.4 Å². The molecule has 146 valence electrons. The highest BCUT2D eigenvalue weighted by Gasteiger charge is 2.31. The highest BCUT2D eigenvalue weighted by atomic mass is 35.5. The molecule has 1 aliphatic rings. The van der Waals surface area contributed by atoms with Crippen molar-refractivity contribution in [2.24, 2.45) is 0 Å². The van der Waals surface area contributed by atoms with Crippen molar-refractivity contribution in [3.8, 4) is 11.1 Å². The van der Waals surface area contributed by atoms with E-state index in [1.54, 1.807) is 17.0 Å². The second-order valence-corrected chi connectivity index (χ2v) is 7.63. The first kappa shape index (κ1) is 19.2. The summed E-state index contributed by atoms with van der Waals surface area (Å²) in [5.41, 5.74) is 4.01. The van der Waals surface area contributed by atoms with Crippen LogP contribution in [-0.2, 0) is 16.0 Å². The molecule has 0 unspecified atom stereocenters. The van der Waals surface area contributed by atoms with Crippen molar-refractivity contribution in [1.82, 2.24) is 5.32 Å². The van der Waals surface area contributed by atoms with Gasteiger partial charge in [-0.15, -0.1) is 0 Å². The number of hydrogen-bond acceptors (Lipinski definition) is 2. The molecule has 0 aliphatic carbocycles. The third-order valence-electron chi connectivity index (χ3n) is 5.05. The lowest BCUT2D eigenvalue weighted by atomic mass is 10.0. The average Bonchev–Trinajstić information content (AvgIpc) is 3.09. The summed E-state index contributed by atoms with van der Waals surface area (Å²) in [4.78, 5) is 26.5. The van der Waals surface area contributed by atoms with Crippen molar-refractivity contribution >= 4 is 29.1 Å². The number of nitrogens with one attached hydrogen (secondary N) is 1. The van der Waals surface area contributed by atoms with Crippen LogP contribution in [0.2, 0.25) is 5.02 Å². The van der Waals surface area contributed by atoms with Gasteiger partial charge in [-0.2, -0.15) is 0 Å². The van der Waals surface area contributed by atoms with Gasteiger partial charge in [0.2, 0.25) is 11.8 Å². The maximum Gasteiger partial charge on any atom is 0.229 e. The van der Waals surface area contributed by atoms with Crippen LogP contribution in [-0.4, -0.2) is 24.4 Å². The van der Waals surface area contributed by atoms with E-state index in [2.05, 4.69) is 17.4 Å².